The van der Waals surface area contributed by atoms with Gasteiger partial charge in [0.2, 0.25) is 0 Å². The minimum absolute atomic E-state index is 0.602. The number of hydrogen-bond acceptors (Lipinski definition) is 1. The average Bonchev–Trinajstić information content (AvgIpc) is 2.84. The smallest absolute Gasteiger partial charge is 0.000803 e. The molecule has 1 aliphatic carbocycles. The second kappa shape index (κ2) is 7.09. The van der Waals surface area contributed by atoms with Crippen LogP contribution in [-0.4, -0.2) is 13.1 Å². The molecule has 1 aliphatic rings. The van der Waals surface area contributed by atoms with Crippen molar-refractivity contribution in [3.8, 4) is 0 Å². The monoisotopic (exact) mass is 259 g/mol. The van der Waals surface area contributed by atoms with E-state index < -0.39 is 0 Å². The Labute approximate surface area is 118 Å². The lowest BCUT2D eigenvalue weighted by Crippen LogP contribution is -2.34. The Bertz CT molecular complexity index is 349. The highest BCUT2D eigenvalue weighted by Gasteiger charge is 2.33. The summed E-state index contributed by atoms with van der Waals surface area (Å²) in [6.07, 6.45) is 8.29. The van der Waals surface area contributed by atoms with Gasteiger partial charge in [-0.3, -0.25) is 0 Å². The lowest BCUT2D eigenvalue weighted by molar-refractivity contribution is 0.225. The highest BCUT2D eigenvalue weighted by molar-refractivity contribution is 5.14. The zero-order valence-corrected chi connectivity index (χ0v) is 12.6. The molecule has 0 saturated heterocycles. The second-order valence-electron chi connectivity index (χ2n) is 6.72. The minimum Gasteiger partial charge on any atom is -0.316 e. The normalized spacial score (nSPS) is 18.1. The van der Waals surface area contributed by atoms with Crippen molar-refractivity contribution in [3.63, 3.8) is 0 Å². The minimum atomic E-state index is 0.602. The van der Waals surface area contributed by atoms with E-state index in [2.05, 4.69) is 49.5 Å². The standard InChI is InChI=1S/C18H29N/c1-16(2)14-18(11-6-7-12-18)15-19-13-10-17-8-4-3-5-9-17/h3-5,8-9,16,19H,6-7,10-15H2,1-2H3. The summed E-state index contributed by atoms with van der Waals surface area (Å²) in [5.41, 5.74) is 2.05. The quantitative estimate of drug-likeness (QED) is 0.715. The number of rotatable bonds is 7. The van der Waals surface area contributed by atoms with Crippen molar-refractivity contribution < 1.29 is 0 Å². The van der Waals surface area contributed by atoms with E-state index in [0.29, 0.717) is 5.41 Å². The molecule has 1 aromatic carbocycles. The zero-order valence-electron chi connectivity index (χ0n) is 12.6. The van der Waals surface area contributed by atoms with Gasteiger partial charge in [0.25, 0.3) is 0 Å². The fourth-order valence-corrected chi connectivity index (χ4v) is 3.68. The van der Waals surface area contributed by atoms with Crippen LogP contribution in [0.3, 0.4) is 0 Å². The summed E-state index contributed by atoms with van der Waals surface area (Å²) in [6, 6.07) is 10.8. The van der Waals surface area contributed by atoms with Crippen molar-refractivity contribution in [3.05, 3.63) is 35.9 Å². The maximum Gasteiger partial charge on any atom is 0.000803 e. The van der Waals surface area contributed by atoms with Crippen LogP contribution in [0.15, 0.2) is 30.3 Å². The first-order chi connectivity index (χ1) is 9.20. The Balaban J connectivity index is 1.74. The lowest BCUT2D eigenvalue weighted by Gasteiger charge is -2.31. The van der Waals surface area contributed by atoms with Crippen molar-refractivity contribution >= 4 is 0 Å². The molecule has 0 unspecified atom stereocenters. The fourth-order valence-electron chi connectivity index (χ4n) is 3.68. The molecule has 19 heavy (non-hydrogen) atoms. The van der Waals surface area contributed by atoms with Gasteiger partial charge in [-0.1, -0.05) is 57.0 Å². The van der Waals surface area contributed by atoms with Gasteiger partial charge in [0.15, 0.2) is 0 Å². The maximum atomic E-state index is 3.72. The lowest BCUT2D eigenvalue weighted by atomic mass is 9.78. The van der Waals surface area contributed by atoms with Gasteiger partial charge in [0, 0.05) is 6.54 Å². The molecule has 0 heterocycles. The Morgan fingerprint density at radius 2 is 1.79 bits per heavy atom. The maximum absolute atomic E-state index is 3.72. The van der Waals surface area contributed by atoms with Gasteiger partial charge in [0.1, 0.15) is 0 Å². The van der Waals surface area contributed by atoms with Crippen LogP contribution in [0.5, 0.6) is 0 Å². The molecule has 0 aliphatic heterocycles. The zero-order chi connectivity index (χ0) is 13.6. The van der Waals surface area contributed by atoms with E-state index in [1.165, 1.54) is 44.2 Å². The summed E-state index contributed by atoms with van der Waals surface area (Å²) in [5.74, 6) is 0.828. The first-order valence-corrected chi connectivity index (χ1v) is 7.95. The van der Waals surface area contributed by atoms with Crippen molar-refractivity contribution in [1.82, 2.24) is 5.32 Å². The van der Waals surface area contributed by atoms with Crippen LogP contribution in [0.25, 0.3) is 0 Å². The van der Waals surface area contributed by atoms with Crippen LogP contribution in [0.1, 0.15) is 51.5 Å². The van der Waals surface area contributed by atoms with E-state index in [-0.39, 0.29) is 0 Å². The first kappa shape index (κ1) is 14.6. The molecule has 0 bridgehead atoms. The van der Waals surface area contributed by atoms with Gasteiger partial charge >= 0.3 is 0 Å². The summed E-state index contributed by atoms with van der Waals surface area (Å²) < 4.78 is 0. The van der Waals surface area contributed by atoms with Crippen molar-refractivity contribution in [1.29, 1.82) is 0 Å². The molecule has 1 heteroatoms. The van der Waals surface area contributed by atoms with Gasteiger partial charge in [0.05, 0.1) is 0 Å². The molecule has 0 radical (unpaired) electrons. The number of nitrogens with one attached hydrogen (secondary N) is 1. The van der Waals surface area contributed by atoms with Gasteiger partial charge in [-0.15, -0.1) is 0 Å². The van der Waals surface area contributed by atoms with Gasteiger partial charge in [-0.25, -0.2) is 0 Å². The fraction of sp³-hybridized carbons (Fsp3) is 0.667. The van der Waals surface area contributed by atoms with E-state index in [0.717, 1.165) is 18.9 Å². The van der Waals surface area contributed by atoms with Crippen LogP contribution in [0.2, 0.25) is 0 Å². The third-order valence-electron chi connectivity index (χ3n) is 4.44. The Morgan fingerprint density at radius 3 is 2.42 bits per heavy atom. The molecular formula is C18H29N. The largest absolute Gasteiger partial charge is 0.316 e. The van der Waals surface area contributed by atoms with Crippen LogP contribution in [0, 0.1) is 11.3 Å². The van der Waals surface area contributed by atoms with Gasteiger partial charge in [-0.05, 0) is 49.1 Å². The summed E-state index contributed by atoms with van der Waals surface area (Å²) in [4.78, 5) is 0. The Morgan fingerprint density at radius 1 is 1.11 bits per heavy atom. The Kier molecular flexibility index (Phi) is 5.45. The number of benzene rings is 1. The van der Waals surface area contributed by atoms with Crippen LogP contribution >= 0.6 is 0 Å². The molecule has 2 rings (SSSR count). The third kappa shape index (κ3) is 4.65. The van der Waals surface area contributed by atoms with Crippen molar-refractivity contribution in [2.45, 2.75) is 52.4 Å². The molecule has 0 aromatic heterocycles. The summed E-state index contributed by atoms with van der Waals surface area (Å²) in [5, 5.41) is 3.72. The molecular weight excluding hydrogens is 230 g/mol. The van der Waals surface area contributed by atoms with E-state index in [9.17, 15) is 0 Å². The molecule has 1 saturated carbocycles. The van der Waals surface area contributed by atoms with Gasteiger partial charge in [-0.2, -0.15) is 0 Å². The van der Waals surface area contributed by atoms with Crippen molar-refractivity contribution in [2.75, 3.05) is 13.1 Å². The number of hydrogen-bond donors (Lipinski definition) is 1. The molecule has 0 atom stereocenters. The van der Waals surface area contributed by atoms with E-state index in [1.54, 1.807) is 0 Å². The molecule has 1 fully saturated rings. The molecule has 1 aromatic rings. The van der Waals surface area contributed by atoms with Crippen molar-refractivity contribution in [2.24, 2.45) is 11.3 Å². The summed E-state index contributed by atoms with van der Waals surface area (Å²) in [6.45, 7) is 7.07. The highest BCUT2D eigenvalue weighted by atomic mass is 14.9. The second-order valence-corrected chi connectivity index (χ2v) is 6.72. The van der Waals surface area contributed by atoms with Crippen LogP contribution in [0.4, 0.5) is 0 Å². The van der Waals surface area contributed by atoms with E-state index in [4.69, 9.17) is 0 Å². The third-order valence-corrected chi connectivity index (χ3v) is 4.44. The first-order valence-electron chi connectivity index (χ1n) is 7.95. The average molecular weight is 259 g/mol. The van der Waals surface area contributed by atoms with Crippen LogP contribution in [-0.2, 0) is 6.42 Å². The molecule has 1 nitrogen and oxygen atoms in total. The summed E-state index contributed by atoms with van der Waals surface area (Å²) >= 11 is 0. The van der Waals surface area contributed by atoms with E-state index in [1.807, 2.05) is 0 Å². The SMILES string of the molecule is CC(C)CC1(CNCCc2ccccc2)CCCC1. The summed E-state index contributed by atoms with van der Waals surface area (Å²) in [7, 11) is 0. The molecule has 0 amide bonds. The highest BCUT2D eigenvalue weighted by Crippen LogP contribution is 2.42. The van der Waals surface area contributed by atoms with Gasteiger partial charge < -0.3 is 5.32 Å². The van der Waals surface area contributed by atoms with Crippen LogP contribution < -0.4 is 5.32 Å². The Hall–Kier alpha value is -0.820. The predicted octanol–water partition coefficient (Wildman–Crippen LogP) is 4.43. The van der Waals surface area contributed by atoms with E-state index >= 15 is 0 Å². The molecule has 106 valence electrons. The predicted molar refractivity (Wildman–Crippen MR) is 83.4 cm³/mol. The molecule has 0 spiro atoms. The molecule has 1 N–H and O–H groups in total. The topological polar surface area (TPSA) is 12.0 Å².